The van der Waals surface area contributed by atoms with Crippen molar-refractivity contribution in [1.82, 2.24) is 0 Å². The molecule has 0 aliphatic heterocycles. The highest BCUT2D eigenvalue weighted by Gasteiger charge is 2.39. The Morgan fingerprint density at radius 1 is 1.22 bits per heavy atom. The van der Waals surface area contributed by atoms with Crippen LogP contribution in [0, 0.1) is 6.92 Å². The molecule has 0 bridgehead atoms. The Labute approximate surface area is 109 Å². The van der Waals surface area contributed by atoms with E-state index in [9.17, 15) is 10.1 Å². The molecule has 0 unspecified atom stereocenters. The normalized spacial score (nSPS) is 12.6. The summed E-state index contributed by atoms with van der Waals surface area (Å²) >= 11 is 0. The topological polar surface area (TPSA) is 75.7 Å². The van der Waals surface area contributed by atoms with Gasteiger partial charge in [-0.3, -0.25) is 0 Å². The maximum atomic E-state index is 10.1. The lowest BCUT2D eigenvalue weighted by atomic mass is 9.74. The van der Waals surface area contributed by atoms with Crippen LogP contribution in [-0.4, -0.2) is 28.5 Å². The van der Waals surface area contributed by atoms with Gasteiger partial charge in [-0.2, -0.15) is 0 Å². The van der Waals surface area contributed by atoms with E-state index in [0.717, 1.165) is 5.56 Å². The maximum absolute atomic E-state index is 10.1. The van der Waals surface area contributed by atoms with Gasteiger partial charge in [0.15, 0.2) is 0 Å². The number of nitrogen functional groups attached to an aromatic ring is 1. The molecule has 0 aliphatic rings. The van der Waals surface area contributed by atoms with E-state index in [1.54, 1.807) is 39.8 Å². The van der Waals surface area contributed by atoms with Crippen molar-refractivity contribution >= 4 is 18.3 Å². The van der Waals surface area contributed by atoms with Crippen molar-refractivity contribution in [3.63, 3.8) is 0 Å². The number of aliphatic hydroxyl groups is 1. The smallest absolute Gasteiger partial charge is 0.423 e. The van der Waals surface area contributed by atoms with Crippen LogP contribution >= 0.6 is 0 Å². The molecule has 4 nitrogen and oxygen atoms in total. The van der Waals surface area contributed by atoms with Crippen molar-refractivity contribution in [2.45, 2.75) is 45.8 Å². The van der Waals surface area contributed by atoms with Gasteiger partial charge in [-0.15, -0.1) is 0 Å². The lowest BCUT2D eigenvalue weighted by Crippen LogP contribution is -2.53. The van der Waals surface area contributed by atoms with Gasteiger partial charge in [-0.25, -0.2) is 0 Å². The Morgan fingerprint density at radius 2 is 1.78 bits per heavy atom. The number of benzene rings is 1. The van der Waals surface area contributed by atoms with E-state index in [1.165, 1.54) is 0 Å². The second-order valence-electron chi connectivity index (χ2n) is 5.66. The second-order valence-corrected chi connectivity index (χ2v) is 5.66. The average molecular weight is 251 g/mol. The highest BCUT2D eigenvalue weighted by Crippen LogP contribution is 2.25. The van der Waals surface area contributed by atoms with Gasteiger partial charge >= 0.3 is 7.12 Å². The lowest BCUT2D eigenvalue weighted by Gasteiger charge is -2.38. The van der Waals surface area contributed by atoms with E-state index in [-0.39, 0.29) is 0 Å². The van der Waals surface area contributed by atoms with Gasteiger partial charge in [0, 0.05) is 5.69 Å². The molecule has 0 spiro atoms. The van der Waals surface area contributed by atoms with Gasteiger partial charge in [0.1, 0.15) is 0 Å². The van der Waals surface area contributed by atoms with E-state index in [4.69, 9.17) is 10.4 Å². The largest absolute Gasteiger partial charge is 0.491 e. The van der Waals surface area contributed by atoms with Crippen molar-refractivity contribution in [2.75, 3.05) is 5.73 Å². The van der Waals surface area contributed by atoms with Crippen LogP contribution in [0.5, 0.6) is 0 Å². The third-order valence-corrected chi connectivity index (χ3v) is 3.45. The first-order valence-corrected chi connectivity index (χ1v) is 5.99. The van der Waals surface area contributed by atoms with Crippen LogP contribution in [0.4, 0.5) is 5.69 Å². The predicted octanol–water partition coefficient (Wildman–Crippen LogP) is 0.831. The van der Waals surface area contributed by atoms with Gasteiger partial charge in [-0.1, -0.05) is 11.6 Å². The molecule has 0 fully saturated rings. The van der Waals surface area contributed by atoms with Crippen molar-refractivity contribution in [2.24, 2.45) is 0 Å². The first-order chi connectivity index (χ1) is 8.04. The summed E-state index contributed by atoms with van der Waals surface area (Å²) in [7, 11) is -1.12. The van der Waals surface area contributed by atoms with E-state index >= 15 is 0 Å². The minimum absolute atomic E-state index is 0.569. The van der Waals surface area contributed by atoms with Gasteiger partial charge < -0.3 is 20.5 Å². The molecule has 4 N–H and O–H groups in total. The minimum atomic E-state index is -1.12. The summed E-state index contributed by atoms with van der Waals surface area (Å²) in [5.41, 5.74) is 5.82. The number of rotatable bonds is 4. The molecule has 1 rings (SSSR count). The molecular weight excluding hydrogens is 229 g/mol. The zero-order valence-corrected chi connectivity index (χ0v) is 11.7. The molecular formula is C13H22BNO3. The molecule has 0 atom stereocenters. The standard InChI is InChI=1S/C13H22BNO3/c1-9-6-7-10(15)8-11(9)14(17)18-13(4,5)12(2,3)16/h6-8,16-17H,15H2,1-5H3. The van der Waals surface area contributed by atoms with Crippen LogP contribution < -0.4 is 11.2 Å². The fourth-order valence-electron chi connectivity index (χ4n) is 1.41. The molecule has 0 amide bonds. The zero-order chi connectivity index (χ0) is 14.1. The van der Waals surface area contributed by atoms with E-state index < -0.39 is 18.3 Å². The molecule has 0 heterocycles. The van der Waals surface area contributed by atoms with Crippen LogP contribution in [0.25, 0.3) is 0 Å². The van der Waals surface area contributed by atoms with Gasteiger partial charge in [0.2, 0.25) is 0 Å². The Balaban J connectivity index is 2.95. The summed E-state index contributed by atoms with van der Waals surface area (Å²) in [6, 6.07) is 5.28. The Morgan fingerprint density at radius 3 is 2.28 bits per heavy atom. The summed E-state index contributed by atoms with van der Waals surface area (Å²) in [6.07, 6.45) is 0. The van der Waals surface area contributed by atoms with Crippen LogP contribution in [0.3, 0.4) is 0 Å². The van der Waals surface area contributed by atoms with E-state index in [1.807, 2.05) is 13.0 Å². The predicted molar refractivity (Wildman–Crippen MR) is 74.7 cm³/mol. The monoisotopic (exact) mass is 251 g/mol. The quantitative estimate of drug-likeness (QED) is 0.547. The number of hydrogen-bond donors (Lipinski definition) is 3. The van der Waals surface area contributed by atoms with Crippen LogP contribution in [0.2, 0.25) is 0 Å². The summed E-state index contributed by atoms with van der Waals surface area (Å²) in [5, 5.41) is 20.1. The minimum Gasteiger partial charge on any atom is -0.423 e. The second kappa shape index (κ2) is 4.92. The van der Waals surface area contributed by atoms with E-state index in [2.05, 4.69) is 0 Å². The fourth-order valence-corrected chi connectivity index (χ4v) is 1.41. The van der Waals surface area contributed by atoms with Gasteiger partial charge in [0.25, 0.3) is 0 Å². The molecule has 0 radical (unpaired) electrons. The molecule has 18 heavy (non-hydrogen) atoms. The Kier molecular flexibility index (Phi) is 4.10. The van der Waals surface area contributed by atoms with Crippen LogP contribution in [0.1, 0.15) is 33.3 Å². The number of nitrogens with two attached hydrogens (primary N) is 1. The SMILES string of the molecule is Cc1ccc(N)cc1B(O)OC(C)(C)C(C)(C)O. The van der Waals surface area contributed by atoms with E-state index in [0.29, 0.717) is 11.2 Å². The van der Waals surface area contributed by atoms with Crippen molar-refractivity contribution in [3.05, 3.63) is 23.8 Å². The van der Waals surface area contributed by atoms with Gasteiger partial charge in [-0.05, 0) is 52.2 Å². The molecule has 5 heteroatoms. The Hall–Kier alpha value is -1.04. The molecule has 0 aromatic heterocycles. The number of anilines is 1. The summed E-state index contributed by atoms with van der Waals surface area (Å²) < 4.78 is 5.57. The zero-order valence-electron chi connectivity index (χ0n) is 11.7. The summed E-state index contributed by atoms with van der Waals surface area (Å²) in [5.74, 6) is 0. The first-order valence-electron chi connectivity index (χ1n) is 5.99. The lowest BCUT2D eigenvalue weighted by molar-refractivity contribution is -0.0982. The van der Waals surface area contributed by atoms with Crippen LogP contribution in [0.15, 0.2) is 18.2 Å². The molecule has 1 aromatic carbocycles. The maximum Gasteiger partial charge on any atom is 0.491 e. The van der Waals surface area contributed by atoms with Crippen molar-refractivity contribution < 1.29 is 14.8 Å². The Bertz CT molecular complexity index is 427. The third-order valence-electron chi connectivity index (χ3n) is 3.45. The number of aryl methyl sites for hydroxylation is 1. The molecule has 0 saturated heterocycles. The van der Waals surface area contributed by atoms with Crippen molar-refractivity contribution in [1.29, 1.82) is 0 Å². The summed E-state index contributed by atoms with van der Waals surface area (Å²) in [4.78, 5) is 0. The van der Waals surface area contributed by atoms with Gasteiger partial charge in [0.05, 0.1) is 11.2 Å². The van der Waals surface area contributed by atoms with Crippen molar-refractivity contribution in [3.8, 4) is 0 Å². The highest BCUT2D eigenvalue weighted by atomic mass is 16.5. The highest BCUT2D eigenvalue weighted by molar-refractivity contribution is 6.60. The number of hydrogen-bond acceptors (Lipinski definition) is 4. The molecule has 1 aromatic rings. The summed E-state index contributed by atoms with van der Waals surface area (Å²) in [6.45, 7) is 8.63. The molecule has 100 valence electrons. The third kappa shape index (κ3) is 3.25. The fraction of sp³-hybridized carbons (Fsp3) is 0.538. The molecule has 0 saturated carbocycles. The molecule has 0 aliphatic carbocycles. The first kappa shape index (κ1) is 15.0. The van der Waals surface area contributed by atoms with Crippen LogP contribution in [-0.2, 0) is 4.65 Å². The average Bonchev–Trinajstić information content (AvgIpc) is 2.19.